The Balaban J connectivity index is 2.14. The van der Waals surface area contributed by atoms with Crippen LogP contribution in [-0.2, 0) is 16.6 Å². The van der Waals surface area contributed by atoms with Crippen LogP contribution in [0.2, 0.25) is 0 Å². The second-order valence-corrected chi connectivity index (χ2v) is 6.76. The van der Waals surface area contributed by atoms with Crippen LogP contribution >= 0.6 is 0 Å². The second kappa shape index (κ2) is 4.65. The molecule has 3 rings (SSSR count). The Labute approximate surface area is 119 Å². The fourth-order valence-electron chi connectivity index (χ4n) is 3.18. The van der Waals surface area contributed by atoms with Crippen molar-refractivity contribution in [3.8, 4) is 0 Å². The number of rotatable bonds is 2. The first kappa shape index (κ1) is 13.2. The van der Waals surface area contributed by atoms with E-state index >= 15 is 0 Å². The van der Waals surface area contributed by atoms with Gasteiger partial charge in [0.1, 0.15) is 0 Å². The molecule has 1 heterocycles. The molecule has 20 heavy (non-hydrogen) atoms. The summed E-state index contributed by atoms with van der Waals surface area (Å²) in [6, 6.07) is 6.83. The first-order valence-corrected chi connectivity index (χ1v) is 7.35. The average molecular weight is 270 g/mol. The molecule has 2 aromatic rings. The predicted octanol–water partition coefficient (Wildman–Crippen LogP) is 3.59. The second-order valence-electron chi connectivity index (χ2n) is 6.76. The van der Waals surface area contributed by atoms with Crippen molar-refractivity contribution in [2.24, 2.45) is 0 Å². The number of hydrogen-bond donors (Lipinski definition) is 2. The standard InChI is InChI=1S/C17H22N2O/c1-17(2,3)11-7-8-14-13(9-11)12-5-4-6-15(18-10-20)16(12)19-14/h7-10,15,19H,4-6H2,1-3H3,(H,18,20)/t15-/m0/s1. The molecular weight excluding hydrogens is 248 g/mol. The van der Waals surface area contributed by atoms with Gasteiger partial charge in [-0.15, -0.1) is 0 Å². The zero-order valence-corrected chi connectivity index (χ0v) is 12.4. The molecule has 0 saturated carbocycles. The summed E-state index contributed by atoms with van der Waals surface area (Å²) < 4.78 is 0. The lowest BCUT2D eigenvalue weighted by Gasteiger charge is -2.22. The van der Waals surface area contributed by atoms with E-state index in [2.05, 4.69) is 49.3 Å². The molecule has 1 aromatic carbocycles. The molecule has 1 aromatic heterocycles. The highest BCUT2D eigenvalue weighted by molar-refractivity contribution is 5.86. The molecule has 0 spiro atoms. The van der Waals surface area contributed by atoms with E-state index in [0.717, 1.165) is 25.7 Å². The first-order chi connectivity index (χ1) is 9.50. The number of aromatic amines is 1. The van der Waals surface area contributed by atoms with Gasteiger partial charge in [-0.1, -0.05) is 26.8 Å². The van der Waals surface area contributed by atoms with Crippen molar-refractivity contribution in [3.63, 3.8) is 0 Å². The van der Waals surface area contributed by atoms with Crippen LogP contribution in [0.5, 0.6) is 0 Å². The van der Waals surface area contributed by atoms with Gasteiger partial charge in [-0.2, -0.15) is 0 Å². The van der Waals surface area contributed by atoms with Gasteiger partial charge in [-0.05, 0) is 47.9 Å². The first-order valence-electron chi connectivity index (χ1n) is 7.35. The lowest BCUT2D eigenvalue weighted by atomic mass is 9.85. The molecule has 106 valence electrons. The van der Waals surface area contributed by atoms with E-state index in [1.807, 2.05) is 0 Å². The summed E-state index contributed by atoms with van der Waals surface area (Å²) in [7, 11) is 0. The molecular formula is C17H22N2O. The number of fused-ring (bicyclic) bond motifs is 3. The molecule has 1 aliphatic carbocycles. The van der Waals surface area contributed by atoms with Crippen molar-refractivity contribution >= 4 is 17.3 Å². The van der Waals surface area contributed by atoms with Gasteiger partial charge in [0, 0.05) is 16.6 Å². The minimum absolute atomic E-state index is 0.140. The van der Waals surface area contributed by atoms with E-state index < -0.39 is 0 Å². The highest BCUT2D eigenvalue weighted by atomic mass is 16.1. The summed E-state index contributed by atoms with van der Waals surface area (Å²) in [5.41, 5.74) is 5.29. The van der Waals surface area contributed by atoms with Crippen LogP contribution in [0.4, 0.5) is 0 Å². The summed E-state index contributed by atoms with van der Waals surface area (Å²) in [6.07, 6.45) is 4.06. The van der Waals surface area contributed by atoms with Gasteiger partial charge in [0.15, 0.2) is 0 Å². The van der Waals surface area contributed by atoms with Crippen LogP contribution in [0.3, 0.4) is 0 Å². The fourth-order valence-corrected chi connectivity index (χ4v) is 3.18. The molecule has 3 heteroatoms. The summed E-state index contributed by atoms with van der Waals surface area (Å²) in [6.45, 7) is 6.72. The third kappa shape index (κ3) is 2.11. The smallest absolute Gasteiger partial charge is 0.207 e. The van der Waals surface area contributed by atoms with Crippen LogP contribution in [0.15, 0.2) is 18.2 Å². The van der Waals surface area contributed by atoms with Crippen molar-refractivity contribution in [1.29, 1.82) is 0 Å². The molecule has 0 unspecified atom stereocenters. The molecule has 3 nitrogen and oxygen atoms in total. The maximum absolute atomic E-state index is 10.8. The SMILES string of the molecule is CC(C)(C)c1ccc2[nH]c3c(c2c1)CCC[C@@H]3NC=O. The molecule has 0 radical (unpaired) electrons. The Morgan fingerprint density at radius 1 is 1.35 bits per heavy atom. The normalized spacial score (nSPS) is 18.9. The Kier molecular flexibility index (Phi) is 3.08. The molecule has 1 atom stereocenters. The lowest BCUT2D eigenvalue weighted by molar-refractivity contribution is -0.110. The predicted molar refractivity (Wildman–Crippen MR) is 81.9 cm³/mol. The monoisotopic (exact) mass is 270 g/mol. The molecule has 1 amide bonds. The average Bonchev–Trinajstić information content (AvgIpc) is 2.77. The lowest BCUT2D eigenvalue weighted by Crippen LogP contribution is -2.23. The maximum Gasteiger partial charge on any atom is 0.207 e. The largest absolute Gasteiger partial charge is 0.356 e. The topological polar surface area (TPSA) is 44.9 Å². The van der Waals surface area contributed by atoms with Gasteiger partial charge >= 0.3 is 0 Å². The molecule has 0 bridgehead atoms. The number of hydrogen-bond acceptors (Lipinski definition) is 1. The summed E-state index contributed by atoms with van der Waals surface area (Å²) in [5, 5.41) is 4.26. The third-order valence-electron chi connectivity index (χ3n) is 4.34. The minimum atomic E-state index is 0.140. The van der Waals surface area contributed by atoms with Crippen molar-refractivity contribution in [3.05, 3.63) is 35.0 Å². The van der Waals surface area contributed by atoms with Crippen molar-refractivity contribution in [2.75, 3.05) is 0 Å². The summed E-state index contributed by atoms with van der Waals surface area (Å²) >= 11 is 0. The number of aromatic nitrogens is 1. The molecule has 0 saturated heterocycles. The fraction of sp³-hybridized carbons (Fsp3) is 0.471. The zero-order chi connectivity index (χ0) is 14.3. The van der Waals surface area contributed by atoms with Gasteiger partial charge in [0.05, 0.1) is 6.04 Å². The van der Waals surface area contributed by atoms with E-state index in [4.69, 9.17) is 0 Å². The van der Waals surface area contributed by atoms with Crippen molar-refractivity contribution in [1.82, 2.24) is 10.3 Å². The number of amides is 1. The number of carbonyl (C=O) groups excluding carboxylic acids is 1. The van der Waals surface area contributed by atoms with Gasteiger partial charge in [0.2, 0.25) is 6.41 Å². The number of benzene rings is 1. The minimum Gasteiger partial charge on any atom is -0.356 e. The molecule has 2 N–H and O–H groups in total. The van der Waals surface area contributed by atoms with Gasteiger partial charge in [0.25, 0.3) is 0 Å². The number of nitrogens with one attached hydrogen (secondary N) is 2. The number of aryl methyl sites for hydroxylation is 1. The number of H-pyrrole nitrogens is 1. The highest BCUT2D eigenvalue weighted by Crippen LogP contribution is 2.36. The van der Waals surface area contributed by atoms with Crippen molar-refractivity contribution < 1.29 is 4.79 Å². The zero-order valence-electron chi connectivity index (χ0n) is 12.4. The van der Waals surface area contributed by atoms with Gasteiger partial charge in [-0.3, -0.25) is 4.79 Å². The summed E-state index contributed by atoms with van der Waals surface area (Å²) in [4.78, 5) is 14.3. The molecule has 0 aliphatic heterocycles. The van der Waals surface area contributed by atoms with Gasteiger partial charge in [-0.25, -0.2) is 0 Å². The highest BCUT2D eigenvalue weighted by Gasteiger charge is 2.24. The van der Waals surface area contributed by atoms with E-state index in [1.54, 1.807) is 0 Å². The quantitative estimate of drug-likeness (QED) is 0.805. The van der Waals surface area contributed by atoms with E-state index in [9.17, 15) is 4.79 Å². The molecule has 1 aliphatic rings. The number of carbonyl (C=O) groups is 1. The third-order valence-corrected chi connectivity index (χ3v) is 4.34. The van der Waals surface area contributed by atoms with Crippen LogP contribution in [0, 0.1) is 0 Å². The van der Waals surface area contributed by atoms with Gasteiger partial charge < -0.3 is 10.3 Å². The maximum atomic E-state index is 10.8. The Hall–Kier alpha value is -1.77. The summed E-state index contributed by atoms with van der Waals surface area (Å²) in [5.74, 6) is 0. The van der Waals surface area contributed by atoms with Crippen LogP contribution in [0.1, 0.15) is 56.5 Å². The Morgan fingerprint density at radius 2 is 2.15 bits per heavy atom. The van der Waals surface area contributed by atoms with Crippen LogP contribution in [-0.4, -0.2) is 11.4 Å². The molecule has 0 fully saturated rings. The van der Waals surface area contributed by atoms with E-state index in [0.29, 0.717) is 0 Å². The van der Waals surface area contributed by atoms with Crippen LogP contribution in [0.25, 0.3) is 10.9 Å². The van der Waals surface area contributed by atoms with Crippen molar-refractivity contribution in [2.45, 2.75) is 51.5 Å². The van der Waals surface area contributed by atoms with E-state index in [-0.39, 0.29) is 11.5 Å². The Morgan fingerprint density at radius 3 is 2.85 bits per heavy atom. The Bertz CT molecular complexity index is 649. The van der Waals surface area contributed by atoms with E-state index in [1.165, 1.54) is 27.7 Å². The van der Waals surface area contributed by atoms with Crippen LogP contribution < -0.4 is 5.32 Å².